The maximum atomic E-state index is 12.9. The molecule has 1 unspecified atom stereocenters. The number of benzene rings is 2. The molecular weight excluding hydrogens is 386 g/mol. The van der Waals surface area contributed by atoms with Crippen LogP contribution < -0.4 is 14.8 Å². The standard InChI is InChI=1S/C22H28ClO3P.Li/c1-14(2)12-25-17-9-10-20(19(11-17)26-13-15(3)4)27-22(24)21-16(5)7-6-8-18(21)23;/h6-11,14-15,27H,12-13H2,1-5H3;. The molecule has 0 aromatic heterocycles. The van der Waals surface area contributed by atoms with Crippen molar-refractivity contribution < 1.29 is 14.3 Å². The minimum absolute atomic E-state index is 0. The Morgan fingerprint density at radius 1 is 1.04 bits per heavy atom. The first-order valence-electron chi connectivity index (χ1n) is 9.24. The summed E-state index contributed by atoms with van der Waals surface area (Å²) in [6.45, 7) is 11.5. The van der Waals surface area contributed by atoms with Gasteiger partial charge in [-0.1, -0.05) is 51.4 Å². The van der Waals surface area contributed by atoms with E-state index in [0.717, 1.165) is 16.6 Å². The molecule has 0 amide bonds. The Morgan fingerprint density at radius 2 is 1.68 bits per heavy atom. The fourth-order valence-electron chi connectivity index (χ4n) is 2.44. The fourth-order valence-corrected chi connectivity index (χ4v) is 3.96. The summed E-state index contributed by atoms with van der Waals surface area (Å²) in [7, 11) is -0.0594. The van der Waals surface area contributed by atoms with Gasteiger partial charge < -0.3 is 9.47 Å². The summed E-state index contributed by atoms with van der Waals surface area (Å²) in [6, 6.07) is 11.2. The maximum absolute atomic E-state index is 12.9. The van der Waals surface area contributed by atoms with E-state index in [1.54, 1.807) is 6.07 Å². The number of carbonyl (C=O) groups excluding carboxylic acids is 1. The van der Waals surface area contributed by atoms with Crippen LogP contribution in [0, 0.1) is 18.8 Å². The normalized spacial score (nSPS) is 11.1. The van der Waals surface area contributed by atoms with Gasteiger partial charge in [-0.2, -0.15) is 0 Å². The monoisotopic (exact) mass is 413 g/mol. The summed E-state index contributed by atoms with van der Waals surface area (Å²) in [6.07, 6.45) is 0. The molecule has 147 valence electrons. The molecule has 28 heavy (non-hydrogen) atoms. The molecule has 6 heteroatoms. The van der Waals surface area contributed by atoms with Gasteiger partial charge in [0.2, 0.25) is 0 Å². The van der Waals surface area contributed by atoms with Gasteiger partial charge in [0.1, 0.15) is 11.5 Å². The van der Waals surface area contributed by atoms with Crippen molar-refractivity contribution in [1.82, 2.24) is 0 Å². The van der Waals surface area contributed by atoms with Crippen LogP contribution in [0.4, 0.5) is 0 Å². The molecule has 0 heterocycles. The van der Waals surface area contributed by atoms with Crippen molar-refractivity contribution in [2.45, 2.75) is 34.6 Å². The molecule has 0 N–H and O–H groups in total. The summed E-state index contributed by atoms with van der Waals surface area (Å²) >= 11 is 6.26. The molecule has 0 saturated carbocycles. The van der Waals surface area contributed by atoms with Crippen LogP contribution in [0.1, 0.15) is 43.6 Å². The predicted octanol–water partition coefficient (Wildman–Crippen LogP) is 5.48. The second-order valence-corrected chi connectivity index (χ2v) is 9.10. The van der Waals surface area contributed by atoms with Crippen LogP contribution in [-0.2, 0) is 0 Å². The van der Waals surface area contributed by atoms with Crippen LogP contribution in [0.3, 0.4) is 0 Å². The topological polar surface area (TPSA) is 35.5 Å². The number of carbonyl (C=O) groups is 1. The van der Waals surface area contributed by atoms with Crippen LogP contribution in [0.25, 0.3) is 0 Å². The van der Waals surface area contributed by atoms with Gasteiger partial charge in [0.05, 0.1) is 18.2 Å². The van der Waals surface area contributed by atoms with E-state index in [1.807, 2.05) is 37.3 Å². The number of hydrogen-bond donors (Lipinski definition) is 0. The van der Waals surface area contributed by atoms with Gasteiger partial charge in [0.25, 0.3) is 0 Å². The minimum Gasteiger partial charge on any atom is -0.493 e. The maximum Gasteiger partial charge on any atom is 0.187 e. The van der Waals surface area contributed by atoms with Gasteiger partial charge in [0.15, 0.2) is 5.52 Å². The summed E-state index contributed by atoms with van der Waals surface area (Å²) in [4.78, 5) is 12.9. The van der Waals surface area contributed by atoms with Crippen LogP contribution in [0.15, 0.2) is 36.4 Å². The quantitative estimate of drug-likeness (QED) is 0.403. The van der Waals surface area contributed by atoms with Gasteiger partial charge in [-0.25, -0.2) is 0 Å². The van der Waals surface area contributed by atoms with Crippen molar-refractivity contribution in [2.75, 3.05) is 13.2 Å². The number of aryl methyl sites for hydroxylation is 1. The van der Waals surface area contributed by atoms with E-state index in [2.05, 4.69) is 27.7 Å². The van der Waals surface area contributed by atoms with Gasteiger partial charge in [-0.3, -0.25) is 4.79 Å². The Hall–Kier alpha value is -0.973. The molecule has 2 rings (SSSR count). The van der Waals surface area contributed by atoms with E-state index in [4.69, 9.17) is 21.1 Å². The summed E-state index contributed by atoms with van der Waals surface area (Å²) in [5.74, 6) is 2.30. The Labute approximate surface area is 187 Å². The van der Waals surface area contributed by atoms with Crippen molar-refractivity contribution >= 4 is 49.9 Å². The van der Waals surface area contributed by atoms with Crippen molar-refractivity contribution in [1.29, 1.82) is 0 Å². The van der Waals surface area contributed by atoms with Crippen molar-refractivity contribution in [2.24, 2.45) is 11.8 Å². The van der Waals surface area contributed by atoms with E-state index in [0.29, 0.717) is 41.4 Å². The van der Waals surface area contributed by atoms with Crippen molar-refractivity contribution in [3.8, 4) is 11.5 Å². The fraction of sp³-hybridized carbons (Fsp3) is 0.409. The van der Waals surface area contributed by atoms with E-state index < -0.39 is 0 Å². The number of halogens is 1. The second kappa shape index (κ2) is 11.9. The smallest absolute Gasteiger partial charge is 0.187 e. The number of hydrogen-bond acceptors (Lipinski definition) is 3. The van der Waals surface area contributed by atoms with Gasteiger partial charge in [-0.15, -0.1) is 0 Å². The van der Waals surface area contributed by atoms with Crippen LogP contribution in [0.5, 0.6) is 11.5 Å². The molecule has 1 radical (unpaired) electrons. The first-order valence-corrected chi connectivity index (χ1v) is 10.6. The Bertz CT molecular complexity index is 773. The summed E-state index contributed by atoms with van der Waals surface area (Å²) < 4.78 is 11.8. The zero-order chi connectivity index (χ0) is 20.0. The van der Waals surface area contributed by atoms with Crippen molar-refractivity contribution in [3.63, 3.8) is 0 Å². The average molecular weight is 414 g/mol. The Morgan fingerprint density at radius 3 is 2.29 bits per heavy atom. The molecule has 0 aliphatic rings. The second-order valence-electron chi connectivity index (χ2n) is 7.45. The first-order chi connectivity index (χ1) is 12.8. The van der Waals surface area contributed by atoms with Crippen LogP contribution in [-0.4, -0.2) is 37.6 Å². The van der Waals surface area contributed by atoms with E-state index in [1.165, 1.54) is 0 Å². The molecule has 2 aromatic rings. The molecule has 3 nitrogen and oxygen atoms in total. The largest absolute Gasteiger partial charge is 0.493 e. The average Bonchev–Trinajstić information content (AvgIpc) is 2.59. The summed E-state index contributed by atoms with van der Waals surface area (Å²) in [5.41, 5.74) is 1.50. The third-order valence-electron chi connectivity index (χ3n) is 3.81. The number of rotatable bonds is 9. The zero-order valence-corrected chi connectivity index (χ0v) is 19.4. The molecule has 0 spiro atoms. The van der Waals surface area contributed by atoms with E-state index in [9.17, 15) is 4.79 Å². The molecule has 2 aromatic carbocycles. The Balaban J connectivity index is 0.00000392. The van der Waals surface area contributed by atoms with Gasteiger partial charge in [0, 0.05) is 35.8 Å². The molecular formula is C22H28ClLiO3P. The zero-order valence-electron chi connectivity index (χ0n) is 17.6. The van der Waals surface area contributed by atoms with Gasteiger partial charge in [-0.05, 0) is 51.1 Å². The van der Waals surface area contributed by atoms with Crippen LogP contribution in [0.2, 0.25) is 5.02 Å². The molecule has 1 atom stereocenters. The molecule has 0 fully saturated rings. The van der Waals surface area contributed by atoms with E-state index in [-0.39, 0.29) is 33.0 Å². The van der Waals surface area contributed by atoms with E-state index >= 15 is 0 Å². The first kappa shape index (κ1) is 25.1. The molecule has 0 bridgehead atoms. The SMILES string of the molecule is Cc1cccc(Cl)c1C(=O)Pc1ccc(OCC(C)C)cc1OCC(C)C.[Li]. The minimum atomic E-state index is -0.0594. The predicted molar refractivity (Wildman–Crippen MR) is 121 cm³/mol. The molecule has 0 saturated heterocycles. The molecule has 0 aliphatic carbocycles. The third-order valence-corrected chi connectivity index (χ3v) is 5.28. The molecule has 0 aliphatic heterocycles. The van der Waals surface area contributed by atoms with Crippen molar-refractivity contribution in [3.05, 3.63) is 52.5 Å². The number of ether oxygens (including phenoxy) is 2. The van der Waals surface area contributed by atoms with Gasteiger partial charge >= 0.3 is 0 Å². The summed E-state index contributed by atoms with van der Waals surface area (Å²) in [5, 5.41) is 1.37. The Kier molecular flexibility index (Phi) is 10.6. The third kappa shape index (κ3) is 7.45. The van der Waals surface area contributed by atoms with Crippen LogP contribution >= 0.6 is 20.2 Å².